The molecule has 0 saturated heterocycles. The van der Waals surface area contributed by atoms with Crippen molar-refractivity contribution >= 4 is 29.1 Å². The summed E-state index contributed by atoms with van der Waals surface area (Å²) in [6, 6.07) is 10.4. The Balaban J connectivity index is 1.84. The Morgan fingerprint density at radius 2 is 1.77 bits per heavy atom. The van der Waals surface area contributed by atoms with Crippen molar-refractivity contribution in [3.63, 3.8) is 0 Å². The molecule has 2 aromatic carbocycles. The molecule has 4 N–H and O–H groups in total. The van der Waals surface area contributed by atoms with Crippen LogP contribution in [0.4, 0.5) is 4.39 Å². The van der Waals surface area contributed by atoms with Crippen LogP contribution < -0.4 is 0 Å². The molecule has 8 nitrogen and oxygen atoms in total. The lowest BCUT2D eigenvalue weighted by Crippen LogP contribution is -2.53. The van der Waals surface area contributed by atoms with Crippen LogP contribution >= 0.6 is 23.2 Å². The third-order valence-electron chi connectivity index (χ3n) is 7.42. The number of nitrogens with zero attached hydrogens (tertiary/aromatic N) is 2. The fourth-order valence-corrected chi connectivity index (χ4v) is 5.30. The molecule has 1 fully saturated rings. The quantitative estimate of drug-likeness (QED) is 0.296. The number of halogens is 3. The third-order valence-corrected chi connectivity index (χ3v) is 7.89. The highest BCUT2D eigenvalue weighted by atomic mass is 35.5. The minimum absolute atomic E-state index is 0.112. The van der Waals surface area contributed by atoms with E-state index in [4.69, 9.17) is 27.9 Å². The van der Waals surface area contributed by atoms with E-state index in [1.807, 2.05) is 0 Å². The summed E-state index contributed by atoms with van der Waals surface area (Å²) in [6.07, 6.45) is 0.646. The van der Waals surface area contributed by atoms with Crippen molar-refractivity contribution in [3.8, 4) is 0 Å². The number of aromatic nitrogens is 1. The molecule has 5 rings (SSSR count). The van der Waals surface area contributed by atoms with E-state index in [0.29, 0.717) is 22.9 Å². The summed E-state index contributed by atoms with van der Waals surface area (Å²) in [7, 11) is 0. The maximum atomic E-state index is 16.3. The van der Waals surface area contributed by atoms with E-state index in [1.54, 1.807) is 24.3 Å². The summed E-state index contributed by atoms with van der Waals surface area (Å²) in [5.74, 6) is -1.59. The molecule has 40 heavy (non-hydrogen) atoms. The normalized spacial score (nSPS) is 21.3. The van der Waals surface area contributed by atoms with Crippen molar-refractivity contribution in [1.82, 2.24) is 9.88 Å². The van der Waals surface area contributed by atoms with E-state index in [9.17, 15) is 25.2 Å². The average Bonchev–Trinajstić information content (AvgIpc) is 3.59. The number of aliphatic hydroxyl groups is 4. The molecule has 3 atom stereocenters. The number of hydrogen-bond acceptors (Lipinski definition) is 7. The zero-order valence-electron chi connectivity index (χ0n) is 21.8. The summed E-state index contributed by atoms with van der Waals surface area (Å²) >= 11 is 12.2. The number of pyridine rings is 1. The van der Waals surface area contributed by atoms with Gasteiger partial charge in [-0.1, -0.05) is 35.3 Å². The second-order valence-corrected chi connectivity index (χ2v) is 11.7. The SMILES string of the molecule is CC(C)(O)c1cc(F)c2c(c1)C(=O)N(C(c1ccc(Cl)cn1)C(O)CO)[C@@]2(OCC1(O)CC1)c1ccc(Cl)cc1. The van der Waals surface area contributed by atoms with Crippen LogP contribution in [-0.4, -0.2) is 61.1 Å². The molecular formula is C29H29Cl2FN2O6. The molecule has 1 aliphatic carbocycles. The molecule has 1 aromatic heterocycles. The number of fused-ring (bicyclic) bond motifs is 1. The average molecular weight is 591 g/mol. The molecule has 3 aromatic rings. The Bertz CT molecular complexity index is 1430. The molecule has 1 saturated carbocycles. The molecular weight excluding hydrogens is 562 g/mol. The Kier molecular flexibility index (Phi) is 7.46. The second kappa shape index (κ2) is 10.3. The third kappa shape index (κ3) is 5.00. The van der Waals surface area contributed by atoms with Gasteiger partial charge in [0.05, 0.1) is 46.3 Å². The first-order chi connectivity index (χ1) is 18.8. The number of carbonyl (C=O) groups is 1. The van der Waals surface area contributed by atoms with Gasteiger partial charge >= 0.3 is 0 Å². The highest BCUT2D eigenvalue weighted by Gasteiger charge is 2.59. The zero-order valence-corrected chi connectivity index (χ0v) is 23.3. The molecule has 11 heteroatoms. The van der Waals surface area contributed by atoms with Gasteiger partial charge in [0.1, 0.15) is 18.0 Å². The Hall–Kier alpha value is -2.63. The number of hydrogen-bond donors (Lipinski definition) is 4. The first-order valence-corrected chi connectivity index (χ1v) is 13.5. The van der Waals surface area contributed by atoms with Gasteiger partial charge in [-0.3, -0.25) is 14.7 Å². The molecule has 0 spiro atoms. The fourth-order valence-electron chi connectivity index (χ4n) is 5.06. The molecule has 1 aliphatic heterocycles. The summed E-state index contributed by atoms with van der Waals surface area (Å²) in [5, 5.41) is 43.3. The molecule has 2 heterocycles. The lowest BCUT2D eigenvalue weighted by atomic mass is 9.88. The van der Waals surface area contributed by atoms with Gasteiger partial charge in [0.2, 0.25) is 5.72 Å². The number of carbonyl (C=O) groups excluding carboxylic acids is 1. The number of rotatable bonds is 9. The summed E-state index contributed by atoms with van der Waals surface area (Å²) in [5.41, 5.74) is -4.38. The summed E-state index contributed by atoms with van der Waals surface area (Å²) in [4.78, 5) is 19.8. The minimum atomic E-state index is -2.03. The Labute approximate surface area is 240 Å². The van der Waals surface area contributed by atoms with Crippen molar-refractivity contribution in [2.45, 2.75) is 55.8 Å². The smallest absolute Gasteiger partial charge is 0.257 e. The van der Waals surface area contributed by atoms with Crippen LogP contribution in [0.5, 0.6) is 0 Å². The first kappa shape index (κ1) is 28.9. The van der Waals surface area contributed by atoms with Crippen molar-refractivity contribution < 1.29 is 34.3 Å². The number of ether oxygens (including phenoxy) is 1. The van der Waals surface area contributed by atoms with Crippen molar-refractivity contribution in [1.29, 1.82) is 0 Å². The van der Waals surface area contributed by atoms with Crippen molar-refractivity contribution in [3.05, 3.63) is 98.5 Å². The van der Waals surface area contributed by atoms with E-state index >= 15 is 4.39 Å². The fraction of sp³-hybridized carbons (Fsp3) is 0.379. The molecule has 2 unspecified atom stereocenters. The maximum absolute atomic E-state index is 16.3. The van der Waals surface area contributed by atoms with Crippen molar-refractivity contribution in [2.75, 3.05) is 13.2 Å². The van der Waals surface area contributed by atoms with Gasteiger partial charge in [0, 0.05) is 16.8 Å². The van der Waals surface area contributed by atoms with Gasteiger partial charge in [-0.05, 0) is 68.7 Å². The van der Waals surface area contributed by atoms with Gasteiger partial charge in [0.25, 0.3) is 5.91 Å². The predicted molar refractivity (Wildman–Crippen MR) is 145 cm³/mol. The minimum Gasteiger partial charge on any atom is -0.394 e. The van der Waals surface area contributed by atoms with Crippen LogP contribution in [0.1, 0.15) is 65.5 Å². The van der Waals surface area contributed by atoms with Gasteiger partial charge in [-0.15, -0.1) is 0 Å². The van der Waals surface area contributed by atoms with Crippen LogP contribution in [0.3, 0.4) is 0 Å². The summed E-state index contributed by atoms with van der Waals surface area (Å²) in [6.45, 7) is 1.90. The maximum Gasteiger partial charge on any atom is 0.257 e. The Morgan fingerprint density at radius 3 is 2.33 bits per heavy atom. The monoisotopic (exact) mass is 590 g/mol. The molecule has 0 bridgehead atoms. The van der Waals surface area contributed by atoms with Gasteiger partial charge < -0.3 is 25.2 Å². The number of benzene rings is 2. The van der Waals surface area contributed by atoms with Crippen molar-refractivity contribution in [2.24, 2.45) is 0 Å². The highest BCUT2D eigenvalue weighted by molar-refractivity contribution is 6.30. The van der Waals surface area contributed by atoms with Crippen LogP contribution in [-0.2, 0) is 16.1 Å². The lowest BCUT2D eigenvalue weighted by molar-refractivity contribution is -0.162. The Morgan fingerprint density at radius 1 is 1.12 bits per heavy atom. The zero-order chi connectivity index (χ0) is 29.0. The van der Waals surface area contributed by atoms with E-state index in [0.717, 1.165) is 11.0 Å². The van der Waals surface area contributed by atoms with E-state index < -0.39 is 47.4 Å². The second-order valence-electron chi connectivity index (χ2n) is 10.9. The highest BCUT2D eigenvalue weighted by Crippen LogP contribution is 2.53. The lowest BCUT2D eigenvalue weighted by Gasteiger charge is -2.45. The topological polar surface area (TPSA) is 123 Å². The van der Waals surface area contributed by atoms with Crippen LogP contribution in [0.15, 0.2) is 54.7 Å². The number of aliphatic hydroxyl groups excluding tert-OH is 2. The van der Waals surface area contributed by atoms with E-state index in [-0.39, 0.29) is 34.6 Å². The summed E-state index contributed by atoms with van der Waals surface area (Å²) < 4.78 is 22.8. The largest absolute Gasteiger partial charge is 0.394 e. The van der Waals surface area contributed by atoms with E-state index in [1.165, 1.54) is 38.2 Å². The van der Waals surface area contributed by atoms with E-state index in [2.05, 4.69) is 4.98 Å². The van der Waals surface area contributed by atoms with Gasteiger partial charge in [-0.2, -0.15) is 0 Å². The molecule has 212 valence electrons. The molecule has 0 radical (unpaired) electrons. The number of amides is 1. The van der Waals surface area contributed by atoms with Gasteiger partial charge in [-0.25, -0.2) is 4.39 Å². The first-order valence-electron chi connectivity index (χ1n) is 12.7. The molecule has 1 amide bonds. The molecule has 2 aliphatic rings. The standard InChI is InChI=1S/C29H29Cl2FN2O6/c1-27(2,38)17-11-20-24(21(32)12-17)29(40-15-28(39)9-10-28,16-3-5-18(30)6-4-16)34(26(20)37)25(23(36)14-35)22-8-7-19(31)13-33-22/h3-8,11-13,23,25,35-36,38-39H,9-10,14-15H2,1-2H3/t23?,25?,29-/m1/s1. The van der Waals surface area contributed by atoms with Crippen LogP contribution in [0, 0.1) is 5.82 Å². The van der Waals surface area contributed by atoms with Crippen LogP contribution in [0.2, 0.25) is 10.0 Å². The van der Waals surface area contributed by atoms with Crippen LogP contribution in [0.25, 0.3) is 0 Å². The van der Waals surface area contributed by atoms with Gasteiger partial charge in [0.15, 0.2) is 0 Å². The predicted octanol–water partition coefficient (Wildman–Crippen LogP) is 4.05.